The van der Waals surface area contributed by atoms with Crippen molar-refractivity contribution in [2.45, 2.75) is 6.61 Å². The van der Waals surface area contributed by atoms with Crippen LogP contribution in [0.1, 0.15) is 11.1 Å². The lowest BCUT2D eigenvalue weighted by atomic mass is 10.2. The molecule has 106 valence electrons. The molecule has 1 heterocycles. The topological polar surface area (TPSA) is 33.3 Å². The van der Waals surface area contributed by atoms with Gasteiger partial charge in [0.2, 0.25) is 0 Å². The maximum atomic E-state index is 5.76. The van der Waals surface area contributed by atoms with Crippen molar-refractivity contribution in [1.29, 1.82) is 0 Å². The molecule has 0 bridgehead atoms. The van der Waals surface area contributed by atoms with Gasteiger partial charge in [0.05, 0.1) is 6.54 Å². The summed E-state index contributed by atoms with van der Waals surface area (Å²) < 4.78 is 5.76. The van der Waals surface area contributed by atoms with Gasteiger partial charge in [0, 0.05) is 5.70 Å². The molecule has 1 aliphatic heterocycles. The first kappa shape index (κ1) is 13.6. The van der Waals surface area contributed by atoms with Gasteiger partial charge in [-0.05, 0) is 41.6 Å². The van der Waals surface area contributed by atoms with Crippen LogP contribution in [-0.4, -0.2) is 11.7 Å². The van der Waals surface area contributed by atoms with Gasteiger partial charge < -0.3 is 15.4 Å². The number of ether oxygens (including phenoxy) is 1. The molecule has 0 saturated carbocycles. The first-order valence-corrected chi connectivity index (χ1v) is 7.23. The van der Waals surface area contributed by atoms with Crippen LogP contribution in [0.25, 0.3) is 6.08 Å². The average Bonchev–Trinajstić information content (AvgIpc) is 2.93. The first-order valence-electron chi connectivity index (χ1n) is 6.82. The van der Waals surface area contributed by atoms with Gasteiger partial charge in [-0.15, -0.1) is 0 Å². The molecule has 1 fully saturated rings. The Balaban J connectivity index is 1.60. The molecule has 2 aromatic carbocycles. The molecule has 21 heavy (non-hydrogen) atoms. The largest absolute Gasteiger partial charge is 0.489 e. The highest BCUT2D eigenvalue weighted by atomic mass is 32.1. The lowest BCUT2D eigenvalue weighted by molar-refractivity contribution is 0.306. The number of benzene rings is 2. The van der Waals surface area contributed by atoms with Crippen LogP contribution in [-0.2, 0) is 6.61 Å². The Morgan fingerprint density at radius 1 is 1.05 bits per heavy atom. The Kier molecular flexibility index (Phi) is 4.17. The predicted molar refractivity (Wildman–Crippen MR) is 88.9 cm³/mol. The zero-order valence-electron chi connectivity index (χ0n) is 11.5. The molecular weight excluding hydrogens is 280 g/mol. The van der Waals surface area contributed by atoms with E-state index in [2.05, 4.69) is 28.8 Å². The van der Waals surface area contributed by atoms with E-state index in [0.29, 0.717) is 11.7 Å². The second kappa shape index (κ2) is 6.41. The van der Waals surface area contributed by atoms with Crippen LogP contribution in [0.5, 0.6) is 5.75 Å². The van der Waals surface area contributed by atoms with Crippen molar-refractivity contribution in [3.63, 3.8) is 0 Å². The fraction of sp³-hybridized carbons (Fsp3) is 0.118. The molecule has 3 rings (SSSR count). The van der Waals surface area contributed by atoms with Crippen LogP contribution < -0.4 is 15.4 Å². The third-order valence-corrected chi connectivity index (χ3v) is 3.43. The lowest BCUT2D eigenvalue weighted by Crippen LogP contribution is -2.19. The van der Waals surface area contributed by atoms with Crippen LogP contribution >= 0.6 is 12.2 Å². The number of nitrogens with one attached hydrogen (secondary N) is 2. The Morgan fingerprint density at radius 2 is 1.81 bits per heavy atom. The van der Waals surface area contributed by atoms with E-state index in [4.69, 9.17) is 17.0 Å². The van der Waals surface area contributed by atoms with Crippen molar-refractivity contribution in [2.75, 3.05) is 6.54 Å². The fourth-order valence-electron chi connectivity index (χ4n) is 2.10. The lowest BCUT2D eigenvalue weighted by Gasteiger charge is -2.06. The third kappa shape index (κ3) is 3.83. The predicted octanol–water partition coefficient (Wildman–Crippen LogP) is 3.08. The van der Waals surface area contributed by atoms with Crippen LogP contribution in [0.2, 0.25) is 0 Å². The molecule has 0 atom stereocenters. The van der Waals surface area contributed by atoms with E-state index in [9.17, 15) is 0 Å². The molecule has 0 aliphatic carbocycles. The average molecular weight is 296 g/mol. The van der Waals surface area contributed by atoms with E-state index in [1.165, 1.54) is 5.56 Å². The van der Waals surface area contributed by atoms with Gasteiger partial charge in [0.15, 0.2) is 5.11 Å². The number of thiocarbonyl (C=S) groups is 1. The molecular formula is C17H16N2OS. The van der Waals surface area contributed by atoms with Crippen molar-refractivity contribution < 1.29 is 4.74 Å². The number of rotatable bonds is 4. The Hall–Kier alpha value is -2.33. The Bertz CT molecular complexity index is 650. The van der Waals surface area contributed by atoms with Crippen molar-refractivity contribution in [3.05, 3.63) is 71.4 Å². The van der Waals surface area contributed by atoms with Gasteiger partial charge >= 0.3 is 0 Å². The molecule has 2 aromatic rings. The van der Waals surface area contributed by atoms with Gasteiger partial charge in [0.25, 0.3) is 0 Å². The van der Waals surface area contributed by atoms with Crippen molar-refractivity contribution in [3.8, 4) is 5.75 Å². The van der Waals surface area contributed by atoms with Crippen molar-refractivity contribution in [1.82, 2.24) is 10.6 Å². The molecule has 0 radical (unpaired) electrons. The van der Waals surface area contributed by atoms with Gasteiger partial charge in [-0.2, -0.15) is 0 Å². The maximum Gasteiger partial charge on any atom is 0.170 e. The first-order chi connectivity index (χ1) is 10.3. The SMILES string of the molecule is S=C1NC/C(=C/c2ccc(OCc3ccccc3)cc2)N1. The smallest absolute Gasteiger partial charge is 0.170 e. The van der Waals surface area contributed by atoms with Gasteiger partial charge in [-0.3, -0.25) is 0 Å². The zero-order chi connectivity index (χ0) is 14.5. The van der Waals surface area contributed by atoms with E-state index in [1.807, 2.05) is 42.5 Å². The number of hydrogen-bond donors (Lipinski definition) is 2. The summed E-state index contributed by atoms with van der Waals surface area (Å²) >= 11 is 5.03. The standard InChI is InChI=1S/C17H16N2OS/c21-17-18-11-15(19-17)10-13-6-8-16(9-7-13)20-12-14-4-2-1-3-5-14/h1-10H,11-12H2,(H2,18,19,21)/b15-10-. The molecule has 1 saturated heterocycles. The minimum atomic E-state index is 0.584. The molecule has 4 heteroatoms. The molecule has 0 unspecified atom stereocenters. The summed E-state index contributed by atoms with van der Waals surface area (Å²) in [4.78, 5) is 0. The van der Waals surface area contributed by atoms with E-state index >= 15 is 0 Å². The molecule has 2 N–H and O–H groups in total. The summed E-state index contributed by atoms with van der Waals surface area (Å²) in [7, 11) is 0. The second-order valence-corrected chi connectivity index (χ2v) is 5.23. The van der Waals surface area contributed by atoms with E-state index in [0.717, 1.165) is 23.6 Å². The van der Waals surface area contributed by atoms with Gasteiger partial charge in [0.1, 0.15) is 12.4 Å². The van der Waals surface area contributed by atoms with Crippen LogP contribution in [0.4, 0.5) is 0 Å². The number of hydrogen-bond acceptors (Lipinski definition) is 2. The zero-order valence-corrected chi connectivity index (χ0v) is 12.3. The molecule has 1 aliphatic rings. The van der Waals surface area contributed by atoms with Crippen molar-refractivity contribution in [2.24, 2.45) is 0 Å². The van der Waals surface area contributed by atoms with Crippen molar-refractivity contribution >= 4 is 23.4 Å². The molecule has 0 amide bonds. The Morgan fingerprint density at radius 3 is 2.48 bits per heavy atom. The van der Waals surface area contributed by atoms with Crippen LogP contribution in [0.3, 0.4) is 0 Å². The van der Waals surface area contributed by atoms with Gasteiger partial charge in [-0.25, -0.2) is 0 Å². The Labute approximate surface area is 129 Å². The molecule has 3 nitrogen and oxygen atoms in total. The van der Waals surface area contributed by atoms with E-state index in [1.54, 1.807) is 0 Å². The van der Waals surface area contributed by atoms with E-state index < -0.39 is 0 Å². The summed E-state index contributed by atoms with van der Waals surface area (Å²) in [6.07, 6.45) is 2.08. The second-order valence-electron chi connectivity index (χ2n) is 4.82. The highest BCUT2D eigenvalue weighted by Crippen LogP contribution is 2.16. The highest BCUT2D eigenvalue weighted by molar-refractivity contribution is 7.80. The fourth-order valence-corrected chi connectivity index (χ4v) is 2.30. The quantitative estimate of drug-likeness (QED) is 0.850. The monoisotopic (exact) mass is 296 g/mol. The summed E-state index contributed by atoms with van der Waals surface area (Å²) in [6.45, 7) is 1.34. The minimum Gasteiger partial charge on any atom is -0.489 e. The molecule has 0 aromatic heterocycles. The summed E-state index contributed by atoms with van der Waals surface area (Å²) in [5.41, 5.74) is 3.37. The maximum absolute atomic E-state index is 5.76. The van der Waals surface area contributed by atoms with Crippen LogP contribution in [0.15, 0.2) is 60.3 Å². The minimum absolute atomic E-state index is 0.584. The highest BCUT2D eigenvalue weighted by Gasteiger charge is 2.08. The van der Waals surface area contributed by atoms with Gasteiger partial charge in [-0.1, -0.05) is 42.5 Å². The van der Waals surface area contributed by atoms with E-state index in [-0.39, 0.29) is 0 Å². The summed E-state index contributed by atoms with van der Waals surface area (Å²) in [5, 5.41) is 6.87. The third-order valence-electron chi connectivity index (χ3n) is 3.18. The summed E-state index contributed by atoms with van der Waals surface area (Å²) in [6, 6.07) is 18.2. The normalized spacial score (nSPS) is 15.6. The molecule has 0 spiro atoms. The van der Waals surface area contributed by atoms with Crippen LogP contribution in [0, 0.1) is 0 Å². The summed E-state index contributed by atoms with van der Waals surface area (Å²) in [5.74, 6) is 0.869.